The van der Waals surface area contributed by atoms with Crippen molar-refractivity contribution in [2.75, 3.05) is 32.7 Å². The van der Waals surface area contributed by atoms with E-state index in [0.29, 0.717) is 4.47 Å². The molecule has 0 radical (unpaired) electrons. The van der Waals surface area contributed by atoms with E-state index in [2.05, 4.69) is 20.7 Å². The third kappa shape index (κ3) is 4.68. The molecule has 0 aliphatic carbocycles. The molecule has 1 N–H and O–H groups in total. The van der Waals surface area contributed by atoms with Crippen molar-refractivity contribution in [1.29, 1.82) is 0 Å². The Morgan fingerprint density at radius 2 is 1.68 bits per heavy atom. The average Bonchev–Trinajstić information content (AvgIpc) is 2.68. The Morgan fingerprint density at radius 1 is 1.04 bits per heavy atom. The summed E-state index contributed by atoms with van der Waals surface area (Å²) >= 11 is 3.26. The zero-order valence-electron chi connectivity index (χ0n) is 15.7. The van der Waals surface area contributed by atoms with Crippen molar-refractivity contribution in [3.8, 4) is 17.2 Å². The molecule has 2 aromatic carbocycles. The van der Waals surface area contributed by atoms with E-state index in [1.807, 2.05) is 0 Å². The second-order valence-corrected chi connectivity index (χ2v) is 7.94. The second-order valence-electron chi connectivity index (χ2n) is 5.37. The van der Waals surface area contributed by atoms with E-state index in [4.69, 9.17) is 18.9 Å². The smallest absolute Gasteiger partial charge is 0.340 e. The van der Waals surface area contributed by atoms with Crippen molar-refractivity contribution in [3.63, 3.8) is 0 Å². The molecule has 2 rings (SSSR count). The van der Waals surface area contributed by atoms with E-state index in [0.717, 1.165) is 0 Å². The number of anilines is 1. The molecule has 0 aliphatic heterocycles. The summed E-state index contributed by atoms with van der Waals surface area (Å²) in [6, 6.07) is 7.30. The van der Waals surface area contributed by atoms with Crippen LogP contribution < -0.4 is 18.9 Å². The van der Waals surface area contributed by atoms with Gasteiger partial charge in [-0.2, -0.15) is 0 Å². The molecule has 0 atom stereocenters. The standard InChI is InChI=1S/C18H20BrNO7S/c1-5-27-14-7-6-11(19)8-17(14)28(22,23)20-13-10-16(25-3)15(24-2)9-12(13)18(21)26-4/h6-10,20H,5H2,1-4H3. The van der Waals surface area contributed by atoms with Gasteiger partial charge < -0.3 is 18.9 Å². The van der Waals surface area contributed by atoms with Gasteiger partial charge in [0.05, 0.1) is 39.2 Å². The summed E-state index contributed by atoms with van der Waals surface area (Å²) in [6.45, 7) is 2.03. The van der Waals surface area contributed by atoms with Crippen LogP contribution >= 0.6 is 15.9 Å². The maximum atomic E-state index is 13.0. The topological polar surface area (TPSA) is 100 Å². The highest BCUT2D eigenvalue weighted by molar-refractivity contribution is 9.10. The first-order valence-corrected chi connectivity index (χ1v) is 10.3. The van der Waals surface area contributed by atoms with Crippen LogP contribution in [0.5, 0.6) is 17.2 Å². The lowest BCUT2D eigenvalue weighted by molar-refractivity contribution is 0.0601. The van der Waals surface area contributed by atoms with Gasteiger partial charge in [0.15, 0.2) is 11.5 Å². The summed E-state index contributed by atoms with van der Waals surface area (Å²) in [5, 5.41) is 0. The number of halogens is 1. The molecule has 0 fully saturated rings. The maximum Gasteiger partial charge on any atom is 0.340 e. The van der Waals surface area contributed by atoms with Gasteiger partial charge in [-0.3, -0.25) is 4.72 Å². The van der Waals surface area contributed by atoms with Crippen LogP contribution in [0.25, 0.3) is 0 Å². The summed E-state index contributed by atoms with van der Waals surface area (Å²) in [5.74, 6) is -0.0633. The highest BCUT2D eigenvalue weighted by atomic mass is 79.9. The van der Waals surface area contributed by atoms with E-state index in [1.54, 1.807) is 13.0 Å². The van der Waals surface area contributed by atoms with Gasteiger partial charge in [0.25, 0.3) is 10.0 Å². The molecular formula is C18H20BrNO7S. The van der Waals surface area contributed by atoms with Gasteiger partial charge in [0.1, 0.15) is 10.6 Å². The first-order valence-electron chi connectivity index (χ1n) is 8.06. The molecule has 8 nitrogen and oxygen atoms in total. The predicted octanol–water partition coefficient (Wildman–Crippen LogP) is 3.45. The fourth-order valence-electron chi connectivity index (χ4n) is 2.41. The van der Waals surface area contributed by atoms with Crippen LogP contribution in [-0.2, 0) is 14.8 Å². The molecule has 0 aromatic heterocycles. The predicted molar refractivity (Wildman–Crippen MR) is 107 cm³/mol. The first-order chi connectivity index (χ1) is 13.3. The highest BCUT2D eigenvalue weighted by Gasteiger charge is 2.25. The van der Waals surface area contributed by atoms with Gasteiger partial charge in [-0.25, -0.2) is 13.2 Å². The zero-order chi connectivity index (χ0) is 20.9. The molecule has 0 amide bonds. The largest absolute Gasteiger partial charge is 0.493 e. The zero-order valence-corrected chi connectivity index (χ0v) is 18.1. The highest BCUT2D eigenvalue weighted by Crippen LogP contribution is 2.36. The first kappa shape index (κ1) is 21.8. The summed E-state index contributed by atoms with van der Waals surface area (Å²) in [6.07, 6.45) is 0. The molecule has 0 saturated carbocycles. The van der Waals surface area contributed by atoms with E-state index in [-0.39, 0.29) is 40.0 Å². The van der Waals surface area contributed by atoms with Gasteiger partial charge in [0, 0.05) is 16.6 Å². The molecule has 0 aliphatic rings. The number of rotatable bonds is 8. The monoisotopic (exact) mass is 473 g/mol. The van der Waals surface area contributed by atoms with Gasteiger partial charge in [0.2, 0.25) is 0 Å². The van der Waals surface area contributed by atoms with Gasteiger partial charge in [-0.15, -0.1) is 0 Å². The third-order valence-electron chi connectivity index (χ3n) is 3.67. The van der Waals surface area contributed by atoms with Crippen LogP contribution in [0.4, 0.5) is 5.69 Å². The number of benzene rings is 2. The molecule has 0 bridgehead atoms. The van der Waals surface area contributed by atoms with Gasteiger partial charge in [-0.1, -0.05) is 15.9 Å². The molecule has 2 aromatic rings. The Hall–Kier alpha value is -2.46. The van der Waals surface area contributed by atoms with E-state index in [9.17, 15) is 13.2 Å². The molecular weight excluding hydrogens is 454 g/mol. The second kappa shape index (κ2) is 9.16. The number of ether oxygens (including phenoxy) is 4. The molecule has 0 heterocycles. The Labute approximate surface area is 171 Å². The summed E-state index contributed by atoms with van der Waals surface area (Å²) < 4.78 is 49.6. The fourth-order valence-corrected chi connectivity index (χ4v) is 4.16. The summed E-state index contributed by atoms with van der Waals surface area (Å²) in [4.78, 5) is 12.1. The average molecular weight is 474 g/mol. The van der Waals surface area contributed by atoms with Crippen LogP contribution in [0.15, 0.2) is 39.7 Å². The Bertz CT molecular complexity index is 976. The van der Waals surface area contributed by atoms with Crippen molar-refractivity contribution >= 4 is 37.6 Å². The minimum atomic E-state index is -4.11. The van der Waals surface area contributed by atoms with Crippen LogP contribution in [-0.4, -0.2) is 42.3 Å². The number of methoxy groups -OCH3 is 3. The van der Waals surface area contributed by atoms with E-state index >= 15 is 0 Å². The minimum absolute atomic E-state index is 0.0214. The number of sulfonamides is 1. The van der Waals surface area contributed by atoms with Crippen LogP contribution in [0, 0.1) is 0 Å². The molecule has 0 saturated heterocycles. The quantitative estimate of drug-likeness (QED) is 0.585. The number of carbonyl (C=O) groups is 1. The van der Waals surface area contributed by atoms with Crippen LogP contribution in [0.2, 0.25) is 0 Å². The number of esters is 1. The van der Waals surface area contributed by atoms with Crippen molar-refractivity contribution in [2.45, 2.75) is 11.8 Å². The van der Waals surface area contributed by atoms with E-state index < -0.39 is 16.0 Å². The number of hydrogen-bond acceptors (Lipinski definition) is 7. The SMILES string of the molecule is CCOc1ccc(Br)cc1S(=O)(=O)Nc1cc(OC)c(OC)cc1C(=O)OC. The van der Waals surface area contributed by atoms with Gasteiger partial charge in [-0.05, 0) is 25.1 Å². The molecule has 28 heavy (non-hydrogen) atoms. The Kier molecular flexibility index (Phi) is 7.14. The van der Waals surface area contributed by atoms with Crippen molar-refractivity contribution in [3.05, 3.63) is 40.4 Å². The lowest BCUT2D eigenvalue weighted by Crippen LogP contribution is -2.17. The van der Waals surface area contributed by atoms with Gasteiger partial charge >= 0.3 is 5.97 Å². The lowest BCUT2D eigenvalue weighted by Gasteiger charge is -2.17. The summed E-state index contributed by atoms with van der Waals surface area (Å²) in [5.41, 5.74) is -0.0522. The van der Waals surface area contributed by atoms with Crippen molar-refractivity contribution in [1.82, 2.24) is 0 Å². The van der Waals surface area contributed by atoms with Crippen LogP contribution in [0.3, 0.4) is 0 Å². The molecule has 152 valence electrons. The van der Waals surface area contributed by atoms with Crippen LogP contribution in [0.1, 0.15) is 17.3 Å². The molecule has 10 heteroatoms. The van der Waals surface area contributed by atoms with Crippen molar-refractivity contribution < 1.29 is 32.2 Å². The third-order valence-corrected chi connectivity index (χ3v) is 5.55. The number of nitrogens with one attached hydrogen (secondary N) is 1. The fraction of sp³-hybridized carbons (Fsp3) is 0.278. The van der Waals surface area contributed by atoms with Crippen molar-refractivity contribution in [2.24, 2.45) is 0 Å². The minimum Gasteiger partial charge on any atom is -0.493 e. The Morgan fingerprint density at radius 3 is 2.25 bits per heavy atom. The lowest BCUT2D eigenvalue weighted by atomic mass is 10.1. The maximum absolute atomic E-state index is 13.0. The normalized spacial score (nSPS) is 10.9. The number of hydrogen-bond donors (Lipinski definition) is 1. The Balaban J connectivity index is 2.60. The molecule has 0 spiro atoms. The number of carbonyl (C=O) groups excluding carboxylic acids is 1. The van der Waals surface area contributed by atoms with E-state index in [1.165, 1.54) is 45.6 Å². The molecule has 0 unspecified atom stereocenters. The summed E-state index contributed by atoms with van der Waals surface area (Å²) in [7, 11) is -0.114.